The molecule has 2 aromatic rings. The summed E-state index contributed by atoms with van der Waals surface area (Å²) in [4.78, 5) is 225. The van der Waals surface area contributed by atoms with Crippen molar-refractivity contribution in [2.24, 2.45) is 34.0 Å². The summed E-state index contributed by atoms with van der Waals surface area (Å²) >= 11 is 0. The zero-order valence-corrected chi connectivity index (χ0v) is 62.6. The number of nitrogens with one attached hydrogen (secondary N) is 10. The van der Waals surface area contributed by atoms with E-state index in [1.54, 1.807) is 58.0 Å². The van der Waals surface area contributed by atoms with Gasteiger partial charge in [0.05, 0.1) is 25.7 Å². The largest absolute Gasteiger partial charge is 0.481 e. The van der Waals surface area contributed by atoms with Crippen LogP contribution in [0.25, 0.3) is 0 Å². The maximum absolute atomic E-state index is 15.3. The first kappa shape index (κ1) is 87.2. The number of carboxylic acid groups (broad SMARTS) is 2. The molecular weight excluding hydrogens is 1450 g/mol. The minimum atomic E-state index is -1.96. The minimum absolute atomic E-state index is 0.0108. The predicted molar refractivity (Wildman–Crippen MR) is 393 cm³/mol. The number of hydrogen-bond donors (Lipinski definition) is 17. The Balaban J connectivity index is 1.46. The monoisotopic (exact) mass is 1550 g/mol. The zero-order chi connectivity index (χ0) is 79.5. The molecule has 4 aliphatic rings. The number of pyridine rings is 1. The molecule has 5 heterocycles. The molecule has 0 unspecified atom stereocenters. The number of amides is 13. The molecule has 0 saturated carbocycles. The summed E-state index contributed by atoms with van der Waals surface area (Å²) in [6.45, 7) is 6.36. The maximum atomic E-state index is 15.3. The number of aliphatic carboxylic acids is 2. The van der Waals surface area contributed by atoms with Gasteiger partial charge in [0.15, 0.2) is 5.96 Å². The van der Waals surface area contributed by atoms with Crippen LogP contribution in [-0.2, 0) is 84.8 Å². The molecule has 37 nitrogen and oxygen atoms in total. The average Bonchev–Trinajstić information content (AvgIpc) is 1.69. The van der Waals surface area contributed by atoms with Crippen LogP contribution in [0.2, 0.25) is 0 Å². The van der Waals surface area contributed by atoms with E-state index in [2.05, 4.69) is 63.1 Å². The molecule has 20 N–H and O–H groups in total. The van der Waals surface area contributed by atoms with Crippen LogP contribution in [-0.4, -0.2) is 270 Å². The molecule has 1 aromatic heterocycles. The molecule has 4 saturated heterocycles. The predicted octanol–water partition coefficient (Wildman–Crippen LogP) is -4.88. The number of benzene rings is 1. The lowest BCUT2D eigenvalue weighted by Crippen LogP contribution is -2.63. The number of fused-ring (bicyclic) bond motifs is 2. The number of hydrogen-bond acceptors (Lipinski definition) is 22. The highest BCUT2D eigenvalue weighted by atomic mass is 33.1. The molecule has 108 heavy (non-hydrogen) atoms. The summed E-state index contributed by atoms with van der Waals surface area (Å²) in [6.07, 6.45) is 1.15. The summed E-state index contributed by atoms with van der Waals surface area (Å²) in [7, 11) is 1.64. The van der Waals surface area contributed by atoms with Crippen LogP contribution in [0.5, 0.6) is 0 Å². The molecule has 0 spiro atoms. The van der Waals surface area contributed by atoms with Gasteiger partial charge in [-0.1, -0.05) is 92.5 Å². The topological polar surface area (TPSA) is 570 Å². The van der Waals surface area contributed by atoms with Crippen LogP contribution in [0.15, 0.2) is 59.9 Å². The van der Waals surface area contributed by atoms with Gasteiger partial charge < -0.3 is 105 Å². The Kier molecular flexibility index (Phi) is 34.5. The molecule has 1 aromatic carbocycles. The number of likely N-dealkylation sites (tertiary alicyclic amines) is 1. The number of nitrogens with zero attached hydrogens (tertiary/aromatic N) is 5. The van der Waals surface area contributed by atoms with E-state index >= 15 is 14.4 Å². The number of aromatic nitrogens is 1. The highest BCUT2D eigenvalue weighted by Crippen LogP contribution is 2.29. The Labute approximate surface area is 632 Å². The molecule has 16 atom stereocenters. The number of guanidine groups is 1. The van der Waals surface area contributed by atoms with Gasteiger partial charge in [-0.15, -0.1) is 0 Å². The lowest BCUT2D eigenvalue weighted by Gasteiger charge is -2.35. The molecule has 4 fully saturated rings. The molecule has 594 valence electrons. The highest BCUT2D eigenvalue weighted by molar-refractivity contribution is 8.76. The fraction of sp³-hybridized carbons (Fsp3) is 0.609. The summed E-state index contributed by atoms with van der Waals surface area (Å²) in [5.41, 5.74) is 17.6. The Morgan fingerprint density at radius 3 is 1.84 bits per heavy atom. The maximum Gasteiger partial charge on any atom is 0.326 e. The molecule has 13 amide bonds. The van der Waals surface area contributed by atoms with Gasteiger partial charge in [0.2, 0.25) is 76.8 Å². The summed E-state index contributed by atoms with van der Waals surface area (Å²) in [6, 6.07) is -8.78. The van der Waals surface area contributed by atoms with Gasteiger partial charge in [-0.2, -0.15) is 0 Å². The van der Waals surface area contributed by atoms with E-state index in [9.17, 15) is 78.0 Å². The molecule has 0 aliphatic carbocycles. The number of carbonyl (C=O) groups excluding carboxylic acids is 13. The van der Waals surface area contributed by atoms with Crippen molar-refractivity contribution >= 4 is 116 Å². The van der Waals surface area contributed by atoms with Crippen LogP contribution in [0.3, 0.4) is 0 Å². The number of aliphatic hydroxyl groups is 2. The van der Waals surface area contributed by atoms with E-state index in [4.69, 9.17) is 17.2 Å². The first-order chi connectivity index (χ1) is 51.4. The van der Waals surface area contributed by atoms with Crippen LogP contribution in [0.4, 0.5) is 0 Å². The third kappa shape index (κ3) is 25.2. The molecule has 6 rings (SSSR count). The normalized spacial score (nSPS) is 24.9. The van der Waals surface area contributed by atoms with Crippen molar-refractivity contribution in [1.29, 1.82) is 0 Å². The Morgan fingerprint density at radius 1 is 0.639 bits per heavy atom. The van der Waals surface area contributed by atoms with Gasteiger partial charge in [0, 0.05) is 62.9 Å². The second-order valence-corrected chi connectivity index (χ2v) is 29.7. The Bertz CT molecular complexity index is 3550. The number of carbonyl (C=O) groups is 15. The number of rotatable bonds is 26. The highest BCUT2D eigenvalue weighted by Gasteiger charge is 2.47. The first-order valence-electron chi connectivity index (χ1n) is 36.0. The van der Waals surface area contributed by atoms with Crippen LogP contribution in [0, 0.1) is 11.8 Å². The Morgan fingerprint density at radius 2 is 1.22 bits per heavy atom. The van der Waals surface area contributed by atoms with Crippen LogP contribution in [0.1, 0.15) is 116 Å². The van der Waals surface area contributed by atoms with Crippen LogP contribution >= 0.6 is 21.6 Å². The number of carboxylic acids is 2. The van der Waals surface area contributed by atoms with Crippen molar-refractivity contribution in [3.05, 3.63) is 66.0 Å². The molecule has 39 heteroatoms. The molecule has 0 bridgehead atoms. The van der Waals surface area contributed by atoms with Crippen molar-refractivity contribution in [3.63, 3.8) is 0 Å². The van der Waals surface area contributed by atoms with Crippen molar-refractivity contribution in [1.82, 2.24) is 72.9 Å². The fourth-order valence-electron chi connectivity index (χ4n) is 12.8. The van der Waals surface area contributed by atoms with Crippen molar-refractivity contribution in [2.75, 3.05) is 50.8 Å². The fourth-order valence-corrected chi connectivity index (χ4v) is 15.2. The lowest BCUT2D eigenvalue weighted by molar-refractivity contribution is -0.149. The first-order valence-corrected chi connectivity index (χ1v) is 38.5. The van der Waals surface area contributed by atoms with Crippen molar-refractivity contribution in [2.45, 2.75) is 203 Å². The number of aliphatic imine (C=N–C) groups is 1. The lowest BCUT2D eigenvalue weighted by atomic mass is 9.96. The van der Waals surface area contributed by atoms with E-state index in [1.165, 1.54) is 34.3 Å². The third-order valence-corrected chi connectivity index (χ3v) is 21.7. The molecule has 0 radical (unpaired) electrons. The van der Waals surface area contributed by atoms with E-state index in [0.717, 1.165) is 33.4 Å². The summed E-state index contributed by atoms with van der Waals surface area (Å²) in [5.74, 6) is -17.7. The SMILES string of the molecule is CC[C@H](C)[C@@H]1NC(=O)[C@@H]2CCCN2C(=O)[C@@H]2CCCN2C(=O)[C@H]([C@@H](C)CC)NC(=O)[C@H](CO)NC(=O)[C@H](Cc2ccncc2)NC(=O)[C@H]([C@@H](C)O)NC(=O)[C@@H](NC(=O)[C@H](CCCN=C(N)N)NC(=O)CN)CSSC[C@@H](C(=O)N[C@@H](Cc2ccccc2)C(=O)N2CCC[C@H]2C(=O)N[C@@H](CC(=O)O)C(=O)O)NC1=O. The molecular formula is C69H102N18O19S2. The zero-order valence-electron chi connectivity index (χ0n) is 61.0. The van der Waals surface area contributed by atoms with Gasteiger partial charge in [-0.3, -0.25) is 77.1 Å². The quantitative estimate of drug-likeness (QED) is 0.0182. The second kappa shape index (κ2) is 42.7. The number of aliphatic hydroxyl groups excluding tert-OH is 2. The van der Waals surface area contributed by atoms with E-state index in [-0.39, 0.29) is 89.9 Å². The van der Waals surface area contributed by atoms with Gasteiger partial charge in [-0.05, 0) is 93.4 Å². The smallest absolute Gasteiger partial charge is 0.326 e. The molecule has 4 aliphatic heterocycles. The second-order valence-electron chi connectivity index (χ2n) is 27.1. The number of nitrogens with two attached hydrogens (primary N) is 3. The van der Waals surface area contributed by atoms with Gasteiger partial charge >= 0.3 is 11.9 Å². The van der Waals surface area contributed by atoms with Gasteiger partial charge in [-0.25, -0.2) is 4.79 Å². The minimum Gasteiger partial charge on any atom is -0.481 e. The van der Waals surface area contributed by atoms with Crippen molar-refractivity contribution < 1.29 is 92.3 Å². The summed E-state index contributed by atoms with van der Waals surface area (Å²) < 4.78 is 0. The average molecular weight is 1550 g/mol. The third-order valence-electron chi connectivity index (χ3n) is 19.3. The van der Waals surface area contributed by atoms with Gasteiger partial charge in [0.1, 0.15) is 78.5 Å². The Hall–Kier alpha value is -9.73. The van der Waals surface area contributed by atoms with E-state index in [1.807, 2.05) is 0 Å². The van der Waals surface area contributed by atoms with Crippen LogP contribution < -0.4 is 70.4 Å². The van der Waals surface area contributed by atoms with Crippen molar-refractivity contribution in [3.8, 4) is 0 Å². The van der Waals surface area contributed by atoms with Gasteiger partial charge in [0.25, 0.3) is 0 Å². The summed E-state index contributed by atoms with van der Waals surface area (Å²) in [5, 5.41) is 67.0. The van der Waals surface area contributed by atoms with E-state index in [0.29, 0.717) is 30.4 Å². The van der Waals surface area contributed by atoms with E-state index < -0.39 is 216 Å². The standard InChI is InChI=1S/C69H102N18O19S2/c1-6-36(3)53-63(100)81-46(59(96)77-43(30-39-15-9-8-10-16-39)65(102)85-26-12-18-48(85)61(98)78-44(68(105)106)31-52(91)92)34-107-108-35-47(80-56(93)41(75-51(90)32-70)17-11-23-74-69(71)72)60(97)84-55(38(5)89)64(101)76-42(29-40-21-24-73-25-22-40)57(94)79-45(33-88)58(95)83-54(37(4)7-2)67(104)87-28-14-20-50(87)66(103)86-27-13-19-49(86)62(99)82-53/h8-10,15-16,21-22,24-25,36-38,41-50,53-55,88-89H,6-7,11-14,17-20,23,26-35,70H2,1-5H3,(H,75,90)(H,76,101)(H,77,96)(H,78,98)(H,79,94)(H,80,93)(H,81,100)(H,82,99)(H,83,95)(H,84,97)(H,91,92)(H,105,106)(H4,71,72,74)/t36-,37-,38+,41-,42-,43-,44-,45-,46-,47-,48-,49-,50-,53-,54-,55-/m0/s1.